The van der Waals surface area contributed by atoms with Gasteiger partial charge < -0.3 is 19.5 Å². The summed E-state index contributed by atoms with van der Waals surface area (Å²) in [6, 6.07) is 5.05. The van der Waals surface area contributed by atoms with Crippen LogP contribution in [-0.4, -0.2) is 42.9 Å². The van der Waals surface area contributed by atoms with E-state index in [1.807, 2.05) is 12.1 Å². The highest BCUT2D eigenvalue weighted by molar-refractivity contribution is 6.01. The fraction of sp³-hybridized carbons (Fsp3) is 0.409. The van der Waals surface area contributed by atoms with Gasteiger partial charge in [0, 0.05) is 17.7 Å². The molecular formula is C22H25N3O5. The Hall–Kier alpha value is -3.29. The topological polar surface area (TPSA) is 91.7 Å². The van der Waals surface area contributed by atoms with E-state index in [9.17, 15) is 9.59 Å². The molecule has 8 heteroatoms. The second kappa shape index (κ2) is 7.19. The van der Waals surface area contributed by atoms with Gasteiger partial charge in [-0.05, 0) is 29.5 Å². The van der Waals surface area contributed by atoms with Crippen molar-refractivity contribution in [1.82, 2.24) is 9.78 Å². The number of ketones is 1. The van der Waals surface area contributed by atoms with Gasteiger partial charge in [0.05, 0.1) is 27.5 Å². The van der Waals surface area contributed by atoms with Gasteiger partial charge in [0.15, 0.2) is 17.3 Å². The summed E-state index contributed by atoms with van der Waals surface area (Å²) in [5, 5.41) is 7.74. The van der Waals surface area contributed by atoms with E-state index < -0.39 is 12.0 Å². The summed E-state index contributed by atoms with van der Waals surface area (Å²) in [5.41, 5.74) is 2.43. The van der Waals surface area contributed by atoms with Crippen LogP contribution < -0.4 is 14.8 Å². The van der Waals surface area contributed by atoms with Crippen LogP contribution in [0.15, 0.2) is 35.7 Å². The molecule has 1 aromatic carbocycles. The van der Waals surface area contributed by atoms with Crippen LogP contribution in [-0.2, 0) is 9.53 Å². The lowest BCUT2D eigenvalue weighted by atomic mass is 9.73. The smallest absolute Gasteiger partial charge is 0.343 e. The van der Waals surface area contributed by atoms with E-state index in [0.29, 0.717) is 41.3 Å². The average molecular weight is 411 g/mol. The molecule has 0 amide bonds. The number of esters is 1. The van der Waals surface area contributed by atoms with Crippen molar-refractivity contribution in [3.05, 3.63) is 46.8 Å². The van der Waals surface area contributed by atoms with E-state index >= 15 is 0 Å². The van der Waals surface area contributed by atoms with Gasteiger partial charge in [-0.25, -0.2) is 9.48 Å². The summed E-state index contributed by atoms with van der Waals surface area (Å²) < 4.78 is 17.4. The van der Waals surface area contributed by atoms with Crippen LogP contribution in [0.1, 0.15) is 48.7 Å². The Bertz CT molecular complexity index is 1070. The quantitative estimate of drug-likeness (QED) is 0.772. The first-order valence-corrected chi connectivity index (χ1v) is 9.70. The summed E-state index contributed by atoms with van der Waals surface area (Å²) in [6.07, 6.45) is 2.59. The molecule has 1 aromatic heterocycles. The molecule has 0 radical (unpaired) electrons. The van der Waals surface area contributed by atoms with Crippen LogP contribution in [0.4, 0.5) is 5.82 Å². The van der Waals surface area contributed by atoms with E-state index in [0.717, 1.165) is 11.3 Å². The van der Waals surface area contributed by atoms with Gasteiger partial charge >= 0.3 is 5.97 Å². The molecule has 0 spiro atoms. The number of rotatable bonds is 4. The maximum atomic E-state index is 13.2. The van der Waals surface area contributed by atoms with Crippen molar-refractivity contribution in [2.75, 3.05) is 26.6 Å². The minimum absolute atomic E-state index is 0.0642. The van der Waals surface area contributed by atoms with Gasteiger partial charge in [-0.15, -0.1) is 0 Å². The minimum Gasteiger partial charge on any atom is -0.493 e. The lowest BCUT2D eigenvalue weighted by Gasteiger charge is -2.39. The molecule has 2 aromatic rings. The first-order valence-electron chi connectivity index (χ1n) is 9.70. The number of hydrogen-bond donors (Lipinski definition) is 1. The Labute approximate surface area is 174 Å². The van der Waals surface area contributed by atoms with Gasteiger partial charge in [-0.3, -0.25) is 4.79 Å². The number of allylic oxidation sites excluding steroid dienone is 2. The van der Waals surface area contributed by atoms with Crippen LogP contribution >= 0.6 is 0 Å². The Morgan fingerprint density at radius 3 is 2.57 bits per heavy atom. The zero-order valence-electron chi connectivity index (χ0n) is 17.7. The van der Waals surface area contributed by atoms with Gasteiger partial charge in [-0.1, -0.05) is 19.9 Å². The number of nitrogens with one attached hydrogen (secondary N) is 1. The van der Waals surface area contributed by atoms with E-state index in [4.69, 9.17) is 14.2 Å². The lowest BCUT2D eigenvalue weighted by Crippen LogP contribution is -2.36. The van der Waals surface area contributed by atoms with E-state index in [2.05, 4.69) is 24.3 Å². The second-order valence-corrected chi connectivity index (χ2v) is 8.32. The number of ether oxygens (including phenoxy) is 3. The number of carbonyl (C=O) groups is 2. The minimum atomic E-state index is -0.488. The monoisotopic (exact) mass is 411 g/mol. The number of anilines is 1. The van der Waals surface area contributed by atoms with Crippen molar-refractivity contribution in [3.63, 3.8) is 0 Å². The highest BCUT2D eigenvalue weighted by Gasteiger charge is 2.42. The summed E-state index contributed by atoms with van der Waals surface area (Å²) >= 11 is 0. The van der Waals surface area contributed by atoms with E-state index in [1.165, 1.54) is 13.3 Å². The Morgan fingerprint density at radius 2 is 1.90 bits per heavy atom. The summed E-state index contributed by atoms with van der Waals surface area (Å²) in [5.74, 6) is 1.25. The highest BCUT2D eigenvalue weighted by atomic mass is 16.5. The molecule has 0 saturated carbocycles. The fourth-order valence-electron chi connectivity index (χ4n) is 4.30. The number of nitrogens with zero attached hydrogens (tertiary/aromatic N) is 2. The van der Waals surface area contributed by atoms with Gasteiger partial charge in [-0.2, -0.15) is 5.10 Å². The summed E-state index contributed by atoms with van der Waals surface area (Å²) in [6.45, 7) is 4.13. The maximum Gasteiger partial charge on any atom is 0.343 e. The third kappa shape index (κ3) is 3.12. The Kier molecular flexibility index (Phi) is 4.80. The van der Waals surface area contributed by atoms with Crippen LogP contribution in [0.3, 0.4) is 0 Å². The molecule has 2 heterocycles. The molecule has 0 unspecified atom stereocenters. The summed E-state index contributed by atoms with van der Waals surface area (Å²) in [7, 11) is 4.47. The summed E-state index contributed by atoms with van der Waals surface area (Å²) in [4.78, 5) is 25.5. The standard InChI is InChI=1S/C22H25N3O5/c1-22(2)9-14-18(15(26)10-22)19(12-6-7-16(28-3)17(8-12)29-4)25-20(24-14)13(11-23-25)21(27)30-5/h6-8,11,19,24H,9-10H2,1-5H3/t19-/m1/s1. The number of aromatic nitrogens is 2. The van der Waals surface area contributed by atoms with Gasteiger partial charge in [0.25, 0.3) is 0 Å². The first-order chi connectivity index (χ1) is 14.3. The SMILES string of the molecule is COC(=O)c1cnn2c1NC1=C(C(=O)CC(C)(C)C1)[C@H]2c1ccc(OC)c(OC)c1. The number of hydrogen-bond acceptors (Lipinski definition) is 7. The lowest BCUT2D eigenvalue weighted by molar-refractivity contribution is -0.118. The number of methoxy groups -OCH3 is 3. The molecule has 1 aliphatic heterocycles. The molecule has 158 valence electrons. The normalized spacial score (nSPS) is 19.5. The average Bonchev–Trinajstić information content (AvgIpc) is 3.13. The highest BCUT2D eigenvalue weighted by Crippen LogP contribution is 2.47. The predicted octanol–water partition coefficient (Wildman–Crippen LogP) is 3.35. The number of fused-ring (bicyclic) bond motifs is 1. The first kappa shape index (κ1) is 20.0. The van der Waals surface area contributed by atoms with Gasteiger partial charge in [0.2, 0.25) is 0 Å². The molecule has 1 N–H and O–H groups in total. The van der Waals surface area contributed by atoms with Crippen molar-refractivity contribution >= 4 is 17.6 Å². The molecule has 2 aliphatic rings. The molecule has 0 bridgehead atoms. The zero-order chi connectivity index (χ0) is 21.6. The fourth-order valence-corrected chi connectivity index (χ4v) is 4.30. The largest absolute Gasteiger partial charge is 0.493 e. The number of carbonyl (C=O) groups excluding carboxylic acids is 2. The molecule has 8 nitrogen and oxygen atoms in total. The number of benzene rings is 1. The Balaban J connectivity index is 1.93. The van der Waals surface area contributed by atoms with Crippen molar-refractivity contribution in [2.45, 2.75) is 32.7 Å². The second-order valence-electron chi connectivity index (χ2n) is 8.32. The van der Waals surface area contributed by atoms with Crippen LogP contribution in [0, 0.1) is 5.41 Å². The van der Waals surface area contributed by atoms with Crippen molar-refractivity contribution < 1.29 is 23.8 Å². The van der Waals surface area contributed by atoms with Crippen LogP contribution in [0.2, 0.25) is 0 Å². The molecular weight excluding hydrogens is 386 g/mol. The molecule has 1 aliphatic carbocycles. The zero-order valence-corrected chi connectivity index (χ0v) is 17.7. The van der Waals surface area contributed by atoms with Crippen LogP contribution in [0.5, 0.6) is 11.5 Å². The number of Topliss-reactive ketones (excluding diaryl/α,β-unsaturated/α-hetero) is 1. The molecule has 0 fully saturated rings. The van der Waals surface area contributed by atoms with Gasteiger partial charge in [0.1, 0.15) is 17.4 Å². The molecule has 4 rings (SSSR count). The van der Waals surface area contributed by atoms with Crippen LogP contribution in [0.25, 0.3) is 0 Å². The maximum absolute atomic E-state index is 13.2. The van der Waals surface area contributed by atoms with Crippen molar-refractivity contribution in [1.29, 1.82) is 0 Å². The molecule has 0 saturated heterocycles. The van der Waals surface area contributed by atoms with E-state index in [1.54, 1.807) is 25.0 Å². The third-order valence-electron chi connectivity index (χ3n) is 5.63. The van der Waals surface area contributed by atoms with Crippen molar-refractivity contribution in [3.8, 4) is 11.5 Å². The molecule has 30 heavy (non-hydrogen) atoms. The van der Waals surface area contributed by atoms with Crippen molar-refractivity contribution in [2.24, 2.45) is 5.41 Å². The third-order valence-corrected chi connectivity index (χ3v) is 5.63. The predicted molar refractivity (Wildman–Crippen MR) is 110 cm³/mol. The molecule has 1 atom stereocenters. The van der Waals surface area contributed by atoms with E-state index in [-0.39, 0.29) is 11.2 Å². The Morgan fingerprint density at radius 1 is 1.17 bits per heavy atom.